The van der Waals surface area contributed by atoms with Crippen molar-refractivity contribution >= 4 is 11.0 Å². The number of nitrogens with zero attached hydrogens (tertiary/aromatic N) is 1. The third kappa shape index (κ3) is 3.45. The van der Waals surface area contributed by atoms with Crippen molar-refractivity contribution in [3.05, 3.63) is 78.5 Å². The lowest BCUT2D eigenvalue weighted by atomic mass is 9.96. The summed E-state index contributed by atoms with van der Waals surface area (Å²) in [6.07, 6.45) is 0.118. The second kappa shape index (κ2) is 7.61. The Bertz CT molecular complexity index is 1200. The summed E-state index contributed by atoms with van der Waals surface area (Å²) in [5.74, 6) is 0.250. The zero-order valence-electron chi connectivity index (χ0n) is 17.1. The maximum atomic E-state index is 9.95. The number of hydrogen-bond donors (Lipinski definition) is 2. The van der Waals surface area contributed by atoms with Crippen LogP contribution in [0.15, 0.2) is 72.8 Å². The second-order valence-corrected chi connectivity index (χ2v) is 8.49. The van der Waals surface area contributed by atoms with Crippen molar-refractivity contribution in [3.8, 4) is 22.4 Å². The molecule has 156 valence electrons. The molecule has 2 aliphatic heterocycles. The molecule has 0 aliphatic carbocycles. The molecule has 0 spiro atoms. The van der Waals surface area contributed by atoms with Crippen molar-refractivity contribution in [2.45, 2.75) is 24.7 Å². The highest BCUT2D eigenvalue weighted by atomic mass is 16.6. The molecule has 0 radical (unpaired) electrons. The van der Waals surface area contributed by atoms with Gasteiger partial charge >= 0.3 is 0 Å². The van der Waals surface area contributed by atoms with Crippen molar-refractivity contribution in [2.75, 3.05) is 13.2 Å². The van der Waals surface area contributed by atoms with E-state index in [0.717, 1.165) is 34.4 Å². The summed E-state index contributed by atoms with van der Waals surface area (Å²) in [7, 11) is 0. The molecule has 5 nitrogen and oxygen atoms in total. The first-order valence-corrected chi connectivity index (χ1v) is 10.8. The number of H-pyrrole nitrogens is 1. The Morgan fingerprint density at radius 2 is 1.58 bits per heavy atom. The van der Waals surface area contributed by atoms with Gasteiger partial charge in [-0.15, -0.1) is 0 Å². The molecule has 2 aromatic heterocycles. The van der Waals surface area contributed by atoms with Crippen LogP contribution < -0.4 is 0 Å². The molecule has 0 amide bonds. The van der Waals surface area contributed by atoms with Crippen LogP contribution in [-0.4, -0.2) is 46.6 Å². The molecule has 4 heterocycles. The molecule has 4 aromatic rings. The van der Waals surface area contributed by atoms with Crippen molar-refractivity contribution in [1.82, 2.24) is 9.97 Å². The SMILES string of the molecule is OC1COC2C(Cc3cc4nc(-c5ccc(-c6ccccc6)cc5)ccc4[nH]3)COC12. The molecule has 4 atom stereocenters. The highest BCUT2D eigenvalue weighted by Gasteiger charge is 2.46. The van der Waals surface area contributed by atoms with E-state index in [-0.39, 0.29) is 18.1 Å². The Balaban J connectivity index is 1.23. The number of aliphatic hydroxyl groups excluding tert-OH is 1. The molecule has 2 aromatic carbocycles. The van der Waals surface area contributed by atoms with E-state index >= 15 is 0 Å². The predicted octanol–water partition coefficient (Wildman–Crippen LogP) is 4.21. The Morgan fingerprint density at radius 3 is 2.42 bits per heavy atom. The van der Waals surface area contributed by atoms with Gasteiger partial charge in [-0.05, 0) is 35.7 Å². The van der Waals surface area contributed by atoms with Crippen LogP contribution in [0.2, 0.25) is 0 Å². The maximum absolute atomic E-state index is 9.95. The van der Waals surface area contributed by atoms with Crippen molar-refractivity contribution in [2.24, 2.45) is 5.92 Å². The van der Waals surface area contributed by atoms with E-state index < -0.39 is 6.10 Å². The molecule has 2 aliphatic rings. The largest absolute Gasteiger partial charge is 0.388 e. The maximum Gasteiger partial charge on any atom is 0.112 e. The lowest BCUT2D eigenvalue weighted by molar-refractivity contribution is 0.0169. The zero-order chi connectivity index (χ0) is 20.8. The first-order chi connectivity index (χ1) is 15.2. The van der Waals surface area contributed by atoms with E-state index in [1.165, 1.54) is 11.1 Å². The van der Waals surface area contributed by atoms with E-state index in [4.69, 9.17) is 14.5 Å². The smallest absolute Gasteiger partial charge is 0.112 e. The van der Waals surface area contributed by atoms with Gasteiger partial charge in [0, 0.05) is 17.2 Å². The summed E-state index contributed by atoms with van der Waals surface area (Å²) < 4.78 is 11.5. The lowest BCUT2D eigenvalue weighted by Gasteiger charge is -2.14. The van der Waals surface area contributed by atoms with Crippen LogP contribution in [-0.2, 0) is 15.9 Å². The van der Waals surface area contributed by atoms with Crippen molar-refractivity contribution in [1.29, 1.82) is 0 Å². The van der Waals surface area contributed by atoms with E-state index in [1.807, 2.05) is 6.07 Å². The summed E-state index contributed by atoms with van der Waals surface area (Å²) in [4.78, 5) is 8.37. The number of hydrogen-bond acceptors (Lipinski definition) is 4. The number of fused-ring (bicyclic) bond motifs is 2. The average molecular weight is 412 g/mol. The lowest BCUT2D eigenvalue weighted by Crippen LogP contribution is -2.29. The van der Waals surface area contributed by atoms with Crippen LogP contribution in [0.4, 0.5) is 0 Å². The third-order valence-electron chi connectivity index (χ3n) is 6.43. The molecular formula is C26H24N2O3. The first kappa shape index (κ1) is 18.8. The Hall–Kier alpha value is -2.99. The number of benzene rings is 2. The molecule has 6 rings (SSSR count). The van der Waals surface area contributed by atoms with E-state index in [2.05, 4.69) is 71.7 Å². The van der Waals surface area contributed by atoms with Crippen LogP contribution >= 0.6 is 0 Å². The van der Waals surface area contributed by atoms with Gasteiger partial charge in [0.05, 0.1) is 36.0 Å². The van der Waals surface area contributed by atoms with Gasteiger partial charge < -0.3 is 19.6 Å². The summed E-state index contributed by atoms with van der Waals surface area (Å²) in [6, 6.07) is 25.2. The van der Waals surface area contributed by atoms with E-state index in [9.17, 15) is 5.11 Å². The molecule has 31 heavy (non-hydrogen) atoms. The molecule has 2 N–H and O–H groups in total. The molecule has 2 saturated heterocycles. The molecular weight excluding hydrogens is 388 g/mol. The fourth-order valence-electron chi connectivity index (χ4n) is 4.82. The first-order valence-electron chi connectivity index (χ1n) is 10.8. The van der Waals surface area contributed by atoms with Crippen molar-refractivity contribution in [3.63, 3.8) is 0 Å². The number of rotatable bonds is 4. The number of ether oxygens (including phenoxy) is 2. The highest BCUT2D eigenvalue weighted by Crippen LogP contribution is 2.33. The van der Waals surface area contributed by atoms with Crippen molar-refractivity contribution < 1.29 is 14.6 Å². The fourth-order valence-corrected chi connectivity index (χ4v) is 4.82. The minimum atomic E-state index is -0.504. The Morgan fingerprint density at radius 1 is 0.839 bits per heavy atom. The van der Waals surface area contributed by atoms with Gasteiger partial charge in [0.1, 0.15) is 12.2 Å². The second-order valence-electron chi connectivity index (χ2n) is 8.49. The summed E-state index contributed by atoms with van der Waals surface area (Å²) >= 11 is 0. The molecule has 0 saturated carbocycles. The van der Waals surface area contributed by atoms with Crippen LogP contribution in [0.25, 0.3) is 33.4 Å². The quantitative estimate of drug-likeness (QED) is 0.527. The average Bonchev–Trinajstić information content (AvgIpc) is 3.51. The normalized spacial score (nSPS) is 25.2. The minimum absolute atomic E-state index is 0.0203. The van der Waals surface area contributed by atoms with E-state index in [1.54, 1.807) is 0 Å². The Kier molecular flexibility index (Phi) is 4.60. The van der Waals surface area contributed by atoms with Gasteiger partial charge in [0.2, 0.25) is 0 Å². The van der Waals surface area contributed by atoms with Gasteiger partial charge in [0.25, 0.3) is 0 Å². The molecule has 0 bridgehead atoms. The predicted molar refractivity (Wildman–Crippen MR) is 120 cm³/mol. The van der Waals surface area contributed by atoms with E-state index in [0.29, 0.717) is 13.2 Å². The molecule has 4 unspecified atom stereocenters. The monoisotopic (exact) mass is 412 g/mol. The zero-order valence-corrected chi connectivity index (χ0v) is 17.1. The number of aromatic nitrogens is 2. The van der Waals surface area contributed by atoms with Gasteiger partial charge in [0.15, 0.2) is 0 Å². The Labute approximate surface area is 180 Å². The number of aliphatic hydroxyl groups is 1. The standard InChI is InChI=1S/C26H24N2O3/c29-24-15-31-25-19(14-30-26(24)25)12-20-13-23-22(27-20)11-10-21(28-23)18-8-6-17(7-9-18)16-4-2-1-3-5-16/h1-11,13,19,24-27,29H,12,14-15H2. The van der Waals surface area contributed by atoms with Crippen LogP contribution in [0.5, 0.6) is 0 Å². The van der Waals surface area contributed by atoms with Crippen LogP contribution in [0, 0.1) is 5.92 Å². The van der Waals surface area contributed by atoms with Crippen LogP contribution in [0.1, 0.15) is 5.69 Å². The summed E-state index contributed by atoms with van der Waals surface area (Å²) in [5.41, 5.74) is 7.59. The summed E-state index contributed by atoms with van der Waals surface area (Å²) in [5, 5.41) is 9.95. The number of aromatic amines is 1. The van der Waals surface area contributed by atoms with Crippen LogP contribution in [0.3, 0.4) is 0 Å². The topological polar surface area (TPSA) is 67.4 Å². The molecule has 2 fully saturated rings. The molecule has 5 heteroatoms. The minimum Gasteiger partial charge on any atom is -0.388 e. The van der Waals surface area contributed by atoms with Gasteiger partial charge in [-0.2, -0.15) is 0 Å². The fraction of sp³-hybridized carbons (Fsp3) is 0.269. The third-order valence-corrected chi connectivity index (χ3v) is 6.43. The van der Waals surface area contributed by atoms with Gasteiger partial charge in [-0.25, -0.2) is 4.98 Å². The highest BCUT2D eigenvalue weighted by molar-refractivity contribution is 5.80. The van der Waals surface area contributed by atoms with Gasteiger partial charge in [-0.3, -0.25) is 0 Å². The van der Waals surface area contributed by atoms with Gasteiger partial charge in [-0.1, -0.05) is 54.6 Å². The summed E-state index contributed by atoms with van der Waals surface area (Å²) in [6.45, 7) is 0.987. The number of nitrogens with one attached hydrogen (secondary N) is 1. The number of pyridine rings is 1.